The number of aromatic nitrogens is 5. The lowest BCUT2D eigenvalue weighted by Gasteiger charge is -2.25. The summed E-state index contributed by atoms with van der Waals surface area (Å²) < 4.78 is 4.23. The van der Waals surface area contributed by atoms with Gasteiger partial charge in [0.15, 0.2) is 0 Å². The number of nitrogens with zero attached hydrogens (tertiary/aromatic N) is 5. The number of hydrogen-bond donors (Lipinski definition) is 1. The number of benzene rings is 1. The standard InChI is InChI=1S/C17H20N6/c1-13-20-21-17-7-4-15(11-23(13)17)19-10-14-2-5-16(6-3-14)22-9-8-18-12-22/h2-3,5-6,8-9,12,15,19H,4,7,10-11H2,1H3/t15-/m1/s1. The zero-order valence-corrected chi connectivity index (χ0v) is 13.2. The molecule has 1 aliphatic rings. The van der Waals surface area contributed by atoms with Gasteiger partial charge in [0.1, 0.15) is 11.6 Å². The monoisotopic (exact) mass is 308 g/mol. The van der Waals surface area contributed by atoms with Crippen LogP contribution in [-0.2, 0) is 19.5 Å². The third kappa shape index (κ3) is 2.90. The van der Waals surface area contributed by atoms with Crippen molar-refractivity contribution in [1.29, 1.82) is 0 Å². The zero-order valence-electron chi connectivity index (χ0n) is 13.2. The van der Waals surface area contributed by atoms with Gasteiger partial charge in [0, 0.05) is 43.6 Å². The molecule has 118 valence electrons. The van der Waals surface area contributed by atoms with Crippen LogP contribution in [0.25, 0.3) is 5.69 Å². The van der Waals surface area contributed by atoms with Crippen LogP contribution in [0, 0.1) is 6.92 Å². The summed E-state index contributed by atoms with van der Waals surface area (Å²) in [6, 6.07) is 9.07. The highest BCUT2D eigenvalue weighted by Crippen LogP contribution is 2.15. The summed E-state index contributed by atoms with van der Waals surface area (Å²) in [5, 5.41) is 12.0. The molecule has 4 rings (SSSR count). The fourth-order valence-corrected chi connectivity index (χ4v) is 3.09. The molecule has 0 saturated heterocycles. The maximum atomic E-state index is 4.22. The number of rotatable bonds is 4. The van der Waals surface area contributed by atoms with Crippen molar-refractivity contribution in [1.82, 2.24) is 29.6 Å². The highest BCUT2D eigenvalue weighted by Gasteiger charge is 2.20. The summed E-state index contributed by atoms with van der Waals surface area (Å²) in [4.78, 5) is 4.08. The van der Waals surface area contributed by atoms with Crippen LogP contribution in [0.15, 0.2) is 43.0 Å². The second-order valence-electron chi connectivity index (χ2n) is 6.03. The summed E-state index contributed by atoms with van der Waals surface area (Å²) in [7, 11) is 0. The smallest absolute Gasteiger partial charge is 0.133 e. The summed E-state index contributed by atoms with van der Waals surface area (Å²) in [6.07, 6.45) is 7.67. The highest BCUT2D eigenvalue weighted by atomic mass is 15.3. The number of aryl methyl sites for hydroxylation is 2. The maximum Gasteiger partial charge on any atom is 0.133 e. The molecule has 1 N–H and O–H groups in total. The summed E-state index contributed by atoms with van der Waals surface area (Å²) in [6.45, 7) is 3.86. The van der Waals surface area contributed by atoms with Crippen molar-refractivity contribution in [2.24, 2.45) is 0 Å². The number of nitrogens with one attached hydrogen (secondary N) is 1. The molecule has 3 aromatic rings. The van der Waals surface area contributed by atoms with E-state index in [0.717, 1.165) is 43.3 Å². The molecule has 6 heteroatoms. The van der Waals surface area contributed by atoms with Crippen molar-refractivity contribution in [3.8, 4) is 5.69 Å². The SMILES string of the molecule is Cc1nnc2n1C[C@H](NCc1ccc(-n3ccnc3)cc1)CC2. The molecule has 1 atom stereocenters. The fraction of sp³-hybridized carbons (Fsp3) is 0.353. The number of hydrogen-bond acceptors (Lipinski definition) is 4. The van der Waals surface area contributed by atoms with Gasteiger partial charge in [0.05, 0.1) is 6.33 Å². The average molecular weight is 308 g/mol. The second kappa shape index (κ2) is 5.96. The predicted octanol–water partition coefficient (Wildman–Crippen LogP) is 1.88. The van der Waals surface area contributed by atoms with E-state index in [1.807, 2.05) is 24.0 Å². The first-order valence-corrected chi connectivity index (χ1v) is 7.99. The Hall–Kier alpha value is -2.47. The van der Waals surface area contributed by atoms with Crippen molar-refractivity contribution in [3.63, 3.8) is 0 Å². The first-order chi connectivity index (χ1) is 11.3. The number of imidazole rings is 1. The van der Waals surface area contributed by atoms with Gasteiger partial charge in [-0.15, -0.1) is 10.2 Å². The molecule has 1 aliphatic heterocycles. The molecule has 23 heavy (non-hydrogen) atoms. The Labute approximate surface area is 135 Å². The molecule has 2 aromatic heterocycles. The molecule has 0 saturated carbocycles. The van der Waals surface area contributed by atoms with Gasteiger partial charge in [-0.25, -0.2) is 4.98 Å². The molecule has 0 amide bonds. The van der Waals surface area contributed by atoms with E-state index in [9.17, 15) is 0 Å². The average Bonchev–Trinajstić information content (AvgIpc) is 3.24. The van der Waals surface area contributed by atoms with Gasteiger partial charge in [0.25, 0.3) is 0 Å². The van der Waals surface area contributed by atoms with Crippen LogP contribution in [0.4, 0.5) is 0 Å². The van der Waals surface area contributed by atoms with E-state index in [4.69, 9.17) is 0 Å². The van der Waals surface area contributed by atoms with Crippen LogP contribution in [0.3, 0.4) is 0 Å². The first-order valence-electron chi connectivity index (χ1n) is 7.99. The minimum Gasteiger partial charge on any atom is -0.314 e. The van der Waals surface area contributed by atoms with Crippen LogP contribution in [0.1, 0.15) is 23.6 Å². The first kappa shape index (κ1) is 14.1. The van der Waals surface area contributed by atoms with E-state index in [0.29, 0.717) is 6.04 Å². The molecule has 0 radical (unpaired) electrons. The third-order valence-electron chi connectivity index (χ3n) is 4.47. The molecule has 1 aromatic carbocycles. The third-order valence-corrected chi connectivity index (χ3v) is 4.47. The van der Waals surface area contributed by atoms with Gasteiger partial charge < -0.3 is 14.5 Å². The Morgan fingerprint density at radius 2 is 2.09 bits per heavy atom. The molecule has 0 spiro atoms. The van der Waals surface area contributed by atoms with Gasteiger partial charge in [-0.2, -0.15) is 0 Å². The van der Waals surface area contributed by atoms with Crippen LogP contribution in [-0.4, -0.2) is 30.4 Å². The van der Waals surface area contributed by atoms with E-state index in [1.165, 1.54) is 5.56 Å². The number of fused-ring (bicyclic) bond motifs is 1. The van der Waals surface area contributed by atoms with Gasteiger partial charge in [-0.1, -0.05) is 12.1 Å². The normalized spacial score (nSPS) is 17.2. The predicted molar refractivity (Wildman–Crippen MR) is 87.3 cm³/mol. The lowest BCUT2D eigenvalue weighted by atomic mass is 10.1. The van der Waals surface area contributed by atoms with E-state index in [2.05, 4.69) is 49.3 Å². The van der Waals surface area contributed by atoms with Crippen LogP contribution in [0.5, 0.6) is 0 Å². The van der Waals surface area contributed by atoms with Crippen molar-refractivity contribution in [2.75, 3.05) is 0 Å². The summed E-state index contributed by atoms with van der Waals surface area (Å²) >= 11 is 0. The van der Waals surface area contributed by atoms with E-state index in [1.54, 1.807) is 6.20 Å². The lowest BCUT2D eigenvalue weighted by molar-refractivity contribution is 0.375. The largest absolute Gasteiger partial charge is 0.314 e. The Balaban J connectivity index is 1.37. The topological polar surface area (TPSA) is 60.6 Å². The molecule has 6 nitrogen and oxygen atoms in total. The summed E-state index contributed by atoms with van der Waals surface area (Å²) in [5.41, 5.74) is 2.42. The Bertz CT molecular complexity index is 772. The van der Waals surface area contributed by atoms with Crippen LogP contribution < -0.4 is 5.32 Å². The van der Waals surface area contributed by atoms with Crippen molar-refractivity contribution < 1.29 is 0 Å². The highest BCUT2D eigenvalue weighted by molar-refractivity contribution is 5.34. The fourth-order valence-electron chi connectivity index (χ4n) is 3.09. The van der Waals surface area contributed by atoms with E-state index in [-0.39, 0.29) is 0 Å². The van der Waals surface area contributed by atoms with E-state index < -0.39 is 0 Å². The van der Waals surface area contributed by atoms with Crippen molar-refractivity contribution in [3.05, 3.63) is 60.2 Å². The van der Waals surface area contributed by atoms with Crippen molar-refractivity contribution in [2.45, 2.75) is 38.9 Å². The molecule has 0 fully saturated rings. The Morgan fingerprint density at radius 1 is 1.22 bits per heavy atom. The maximum absolute atomic E-state index is 4.22. The van der Waals surface area contributed by atoms with Crippen LogP contribution in [0.2, 0.25) is 0 Å². The molecular formula is C17H20N6. The molecular weight excluding hydrogens is 288 g/mol. The zero-order chi connectivity index (χ0) is 15.6. The van der Waals surface area contributed by atoms with Gasteiger partial charge in [-0.05, 0) is 31.0 Å². The molecule has 3 heterocycles. The molecule has 0 aliphatic carbocycles. The molecule has 0 unspecified atom stereocenters. The van der Waals surface area contributed by atoms with Gasteiger partial charge in [0.2, 0.25) is 0 Å². The Kier molecular flexibility index (Phi) is 3.67. The Morgan fingerprint density at radius 3 is 2.87 bits per heavy atom. The van der Waals surface area contributed by atoms with Gasteiger partial charge >= 0.3 is 0 Å². The molecule has 0 bridgehead atoms. The van der Waals surface area contributed by atoms with E-state index >= 15 is 0 Å². The lowest BCUT2D eigenvalue weighted by Crippen LogP contribution is -2.37. The minimum absolute atomic E-state index is 0.477. The summed E-state index contributed by atoms with van der Waals surface area (Å²) in [5.74, 6) is 2.13. The van der Waals surface area contributed by atoms with Gasteiger partial charge in [-0.3, -0.25) is 0 Å². The second-order valence-corrected chi connectivity index (χ2v) is 6.03. The van der Waals surface area contributed by atoms with Crippen LogP contribution >= 0.6 is 0 Å². The quantitative estimate of drug-likeness (QED) is 0.799. The van der Waals surface area contributed by atoms with Crippen molar-refractivity contribution >= 4 is 0 Å². The minimum atomic E-state index is 0.477.